The molecule has 34 heavy (non-hydrogen) atoms. The quantitative estimate of drug-likeness (QED) is 0.664. The fourth-order valence-corrected chi connectivity index (χ4v) is 4.82. The van der Waals surface area contributed by atoms with Crippen LogP contribution in [0, 0.1) is 13.8 Å². The number of piperazine rings is 1. The zero-order chi connectivity index (χ0) is 24.2. The Balaban J connectivity index is 1.62. The van der Waals surface area contributed by atoms with Crippen LogP contribution in [0.25, 0.3) is 0 Å². The van der Waals surface area contributed by atoms with Gasteiger partial charge in [-0.15, -0.1) is 0 Å². The molecule has 4 rings (SSSR count). The third kappa shape index (κ3) is 4.80. The highest BCUT2D eigenvalue weighted by atomic mass is 16.5. The number of para-hydroxylation sites is 1. The summed E-state index contributed by atoms with van der Waals surface area (Å²) in [6, 6.07) is 15.5. The fraction of sp³-hybridized carbons (Fsp3) is 0.407. The molecule has 1 saturated heterocycles. The van der Waals surface area contributed by atoms with Crippen LogP contribution in [0.1, 0.15) is 29.7 Å². The summed E-state index contributed by atoms with van der Waals surface area (Å²) in [7, 11) is 1.72. The van der Waals surface area contributed by atoms with Gasteiger partial charge in [-0.3, -0.25) is 9.80 Å². The highest BCUT2D eigenvalue weighted by Crippen LogP contribution is 2.33. The number of benzene rings is 2. The Morgan fingerprint density at radius 2 is 1.65 bits per heavy atom. The van der Waals surface area contributed by atoms with Gasteiger partial charge in [0.15, 0.2) is 0 Å². The summed E-state index contributed by atoms with van der Waals surface area (Å²) in [4.78, 5) is 32.4. The smallest absolute Gasteiger partial charge is 0.338 e. The van der Waals surface area contributed by atoms with Crippen molar-refractivity contribution in [2.45, 2.75) is 26.8 Å². The number of carbonyl (C=O) groups excluding carboxylic acids is 2. The minimum Gasteiger partial charge on any atom is -0.463 e. The molecule has 0 saturated carbocycles. The van der Waals surface area contributed by atoms with Crippen LogP contribution < -0.4 is 10.2 Å². The van der Waals surface area contributed by atoms with Crippen molar-refractivity contribution < 1.29 is 14.3 Å². The molecule has 2 amide bonds. The van der Waals surface area contributed by atoms with Gasteiger partial charge in [0.05, 0.1) is 18.2 Å². The van der Waals surface area contributed by atoms with Crippen LogP contribution >= 0.6 is 0 Å². The number of aryl methyl sites for hydroxylation is 2. The number of ether oxygens (including phenoxy) is 1. The number of urea groups is 1. The Labute approximate surface area is 202 Å². The molecule has 7 heteroatoms. The summed E-state index contributed by atoms with van der Waals surface area (Å²) in [5.41, 5.74) is 5.69. The summed E-state index contributed by atoms with van der Waals surface area (Å²) < 4.78 is 5.46. The molecule has 2 heterocycles. The lowest BCUT2D eigenvalue weighted by Gasteiger charge is -2.40. The van der Waals surface area contributed by atoms with E-state index < -0.39 is 6.04 Å². The molecule has 7 nitrogen and oxygen atoms in total. The second kappa shape index (κ2) is 10.3. The summed E-state index contributed by atoms with van der Waals surface area (Å²) in [6.45, 7) is 10.2. The molecule has 0 bridgehead atoms. The van der Waals surface area contributed by atoms with Crippen LogP contribution in [-0.2, 0) is 9.53 Å². The van der Waals surface area contributed by atoms with Crippen molar-refractivity contribution in [3.63, 3.8) is 0 Å². The molecule has 1 atom stereocenters. The number of rotatable bonds is 6. The molecule has 0 spiro atoms. The minimum absolute atomic E-state index is 0.213. The average Bonchev–Trinajstić information content (AvgIpc) is 2.83. The highest BCUT2D eigenvalue weighted by molar-refractivity contribution is 5.95. The van der Waals surface area contributed by atoms with Gasteiger partial charge in [0, 0.05) is 51.2 Å². The van der Waals surface area contributed by atoms with Crippen LogP contribution in [0.15, 0.2) is 59.8 Å². The number of amides is 2. The Morgan fingerprint density at radius 3 is 2.29 bits per heavy atom. The molecule has 180 valence electrons. The van der Waals surface area contributed by atoms with Gasteiger partial charge in [-0.1, -0.05) is 42.5 Å². The van der Waals surface area contributed by atoms with Crippen LogP contribution in [0.4, 0.5) is 10.5 Å². The molecule has 2 aliphatic heterocycles. The van der Waals surface area contributed by atoms with Crippen LogP contribution in [0.2, 0.25) is 0 Å². The lowest BCUT2D eigenvalue weighted by molar-refractivity contribution is -0.139. The maximum atomic E-state index is 13.2. The largest absolute Gasteiger partial charge is 0.463 e. The molecular formula is C27H34N4O3. The Bertz CT molecular complexity index is 1090. The number of esters is 1. The highest BCUT2D eigenvalue weighted by Gasteiger charge is 2.38. The van der Waals surface area contributed by atoms with Gasteiger partial charge in [0.2, 0.25) is 0 Å². The maximum absolute atomic E-state index is 13.2. The van der Waals surface area contributed by atoms with Gasteiger partial charge in [-0.2, -0.15) is 0 Å². The molecule has 0 aromatic heterocycles. The minimum atomic E-state index is -0.535. The van der Waals surface area contributed by atoms with E-state index in [0.717, 1.165) is 37.3 Å². The Hall–Kier alpha value is -3.32. The SMILES string of the molecule is CCOC(=O)C1=C(CN2CCN(c3ccccc3C)CC2)N(C)C(=O)NC1c1ccccc1C. The molecule has 1 fully saturated rings. The average molecular weight is 463 g/mol. The van der Waals surface area contributed by atoms with Gasteiger partial charge in [-0.25, -0.2) is 9.59 Å². The van der Waals surface area contributed by atoms with E-state index in [9.17, 15) is 9.59 Å². The van der Waals surface area contributed by atoms with Gasteiger partial charge in [0.25, 0.3) is 0 Å². The van der Waals surface area contributed by atoms with E-state index in [4.69, 9.17) is 4.74 Å². The summed E-state index contributed by atoms with van der Waals surface area (Å²) in [5, 5.41) is 3.02. The predicted molar refractivity (Wildman–Crippen MR) is 134 cm³/mol. The lowest BCUT2D eigenvalue weighted by atomic mass is 9.91. The first kappa shape index (κ1) is 23.8. The monoisotopic (exact) mass is 462 g/mol. The lowest BCUT2D eigenvalue weighted by Crippen LogP contribution is -2.52. The maximum Gasteiger partial charge on any atom is 0.338 e. The van der Waals surface area contributed by atoms with Crippen LogP contribution in [-0.4, -0.2) is 68.2 Å². The second-order valence-corrected chi connectivity index (χ2v) is 8.93. The van der Waals surface area contributed by atoms with Crippen molar-refractivity contribution in [1.29, 1.82) is 0 Å². The van der Waals surface area contributed by atoms with Gasteiger partial charge in [-0.05, 0) is 43.5 Å². The first-order chi connectivity index (χ1) is 16.4. The van der Waals surface area contributed by atoms with Crippen LogP contribution in [0.5, 0.6) is 0 Å². The first-order valence-corrected chi connectivity index (χ1v) is 11.9. The van der Waals surface area contributed by atoms with Crippen molar-refractivity contribution in [2.75, 3.05) is 51.3 Å². The van der Waals surface area contributed by atoms with Gasteiger partial charge < -0.3 is 15.0 Å². The second-order valence-electron chi connectivity index (χ2n) is 8.93. The first-order valence-electron chi connectivity index (χ1n) is 11.9. The van der Waals surface area contributed by atoms with Crippen LogP contribution in [0.3, 0.4) is 0 Å². The molecule has 2 aromatic rings. The molecule has 0 aliphatic carbocycles. The van der Waals surface area contributed by atoms with Crippen molar-refractivity contribution in [1.82, 2.24) is 15.1 Å². The fourth-order valence-electron chi connectivity index (χ4n) is 4.82. The molecule has 2 aliphatic rings. The normalized spacial score (nSPS) is 19.3. The number of likely N-dealkylation sites (N-methyl/N-ethyl adjacent to an activating group) is 1. The van der Waals surface area contributed by atoms with E-state index in [1.807, 2.05) is 31.2 Å². The van der Waals surface area contributed by atoms with Gasteiger partial charge >= 0.3 is 12.0 Å². The third-order valence-corrected chi connectivity index (χ3v) is 6.77. The molecule has 1 unspecified atom stereocenters. The standard InChI is InChI=1S/C27H34N4O3/c1-5-34-26(32)24-23(29(4)27(33)28-25(24)21-12-8-6-10-19(21)2)18-30-14-16-31(17-15-30)22-13-9-7-11-20(22)3/h6-13,25H,5,14-18H2,1-4H3,(H,28,33). The number of nitrogens with zero attached hydrogens (tertiary/aromatic N) is 3. The number of hydrogen-bond donors (Lipinski definition) is 1. The number of anilines is 1. The van der Waals surface area contributed by atoms with Crippen molar-refractivity contribution in [2.24, 2.45) is 0 Å². The molecular weight excluding hydrogens is 428 g/mol. The Morgan fingerprint density at radius 1 is 1.00 bits per heavy atom. The number of nitrogens with one attached hydrogen (secondary N) is 1. The van der Waals surface area contributed by atoms with E-state index in [-0.39, 0.29) is 18.6 Å². The van der Waals surface area contributed by atoms with E-state index in [0.29, 0.717) is 17.8 Å². The molecule has 0 radical (unpaired) electrons. The summed E-state index contributed by atoms with van der Waals surface area (Å²) in [5.74, 6) is -0.379. The van der Waals surface area contributed by atoms with Crippen molar-refractivity contribution in [3.05, 3.63) is 76.5 Å². The number of hydrogen-bond acceptors (Lipinski definition) is 5. The summed E-state index contributed by atoms with van der Waals surface area (Å²) >= 11 is 0. The zero-order valence-corrected chi connectivity index (χ0v) is 20.5. The third-order valence-electron chi connectivity index (χ3n) is 6.77. The van der Waals surface area contributed by atoms with E-state index in [1.165, 1.54) is 11.3 Å². The molecule has 2 aromatic carbocycles. The topological polar surface area (TPSA) is 65.1 Å². The van der Waals surface area contributed by atoms with Crippen molar-refractivity contribution in [3.8, 4) is 0 Å². The van der Waals surface area contributed by atoms with Crippen molar-refractivity contribution >= 4 is 17.7 Å². The van der Waals surface area contributed by atoms with E-state index >= 15 is 0 Å². The predicted octanol–water partition coefficient (Wildman–Crippen LogP) is 3.64. The number of carbonyl (C=O) groups is 2. The van der Waals surface area contributed by atoms with E-state index in [2.05, 4.69) is 46.3 Å². The van der Waals surface area contributed by atoms with E-state index in [1.54, 1.807) is 18.9 Å². The Kier molecular flexibility index (Phi) is 7.22. The summed E-state index contributed by atoms with van der Waals surface area (Å²) in [6.07, 6.45) is 0. The zero-order valence-electron chi connectivity index (χ0n) is 20.5. The van der Waals surface area contributed by atoms with Gasteiger partial charge in [0.1, 0.15) is 0 Å². The molecule has 1 N–H and O–H groups in total.